The van der Waals surface area contributed by atoms with E-state index in [1.807, 2.05) is 0 Å². The van der Waals surface area contributed by atoms with Crippen molar-refractivity contribution < 1.29 is 47.7 Å². The molecule has 1 aliphatic carbocycles. The van der Waals surface area contributed by atoms with Gasteiger partial charge in [-0.1, -0.05) is 29.8 Å². The van der Waals surface area contributed by atoms with Gasteiger partial charge in [0.15, 0.2) is 11.5 Å². The zero-order valence-corrected chi connectivity index (χ0v) is 26.7. The molecule has 2 aromatic rings. The number of Topliss-reactive ketones (excluding diaryl/α,β-unsaturated/α-hetero) is 1. The number of hydrogen-bond donors (Lipinski definition) is 2. The van der Waals surface area contributed by atoms with Crippen molar-refractivity contribution in [1.82, 2.24) is 15.2 Å². The van der Waals surface area contributed by atoms with Crippen LogP contribution in [0, 0.1) is 0 Å². The third-order valence-corrected chi connectivity index (χ3v) is 7.65. The van der Waals surface area contributed by atoms with E-state index < -0.39 is 35.5 Å². The van der Waals surface area contributed by atoms with Crippen LogP contribution in [-0.2, 0) is 46.9 Å². The molecule has 0 saturated carbocycles. The van der Waals surface area contributed by atoms with Crippen molar-refractivity contribution in [2.45, 2.75) is 26.4 Å². The monoisotopic (exact) mass is 655 g/mol. The number of benzene rings is 1. The number of ketones is 2. The molecule has 244 valence electrons. The van der Waals surface area contributed by atoms with Crippen LogP contribution in [0.1, 0.15) is 51.7 Å². The number of amides is 1. The fourth-order valence-corrected chi connectivity index (χ4v) is 5.57. The average Bonchev–Trinajstić information content (AvgIpc) is 3.37. The first kappa shape index (κ1) is 34.0. The van der Waals surface area contributed by atoms with Crippen LogP contribution in [0.4, 0.5) is 4.79 Å². The number of esters is 2. The minimum absolute atomic E-state index is 0.0259. The smallest absolute Gasteiger partial charge is 0.407 e. The largest absolute Gasteiger partial charge is 0.492 e. The molecule has 2 aliphatic rings. The summed E-state index contributed by atoms with van der Waals surface area (Å²) in [6.45, 7) is 3.16. The summed E-state index contributed by atoms with van der Waals surface area (Å²) < 4.78 is 27.9. The van der Waals surface area contributed by atoms with E-state index in [-0.39, 0.29) is 61.1 Å². The molecule has 46 heavy (non-hydrogen) atoms. The molecule has 13 nitrogen and oxygen atoms in total. The van der Waals surface area contributed by atoms with Crippen molar-refractivity contribution in [2.24, 2.45) is 7.05 Å². The molecule has 1 aromatic heterocycles. The van der Waals surface area contributed by atoms with Crippen molar-refractivity contribution >= 4 is 41.2 Å². The van der Waals surface area contributed by atoms with Crippen molar-refractivity contribution in [3.63, 3.8) is 0 Å². The Kier molecular flexibility index (Phi) is 11.0. The number of rotatable bonds is 12. The maximum Gasteiger partial charge on any atom is 0.407 e. The minimum atomic E-state index is -0.893. The number of carbonyl (C=O) groups excluding carboxylic acids is 5. The summed E-state index contributed by atoms with van der Waals surface area (Å²) in [6.07, 6.45) is 1.89. The number of carbonyl (C=O) groups is 5. The van der Waals surface area contributed by atoms with Gasteiger partial charge >= 0.3 is 18.0 Å². The molecule has 1 aliphatic heterocycles. The molecule has 0 saturated heterocycles. The minimum Gasteiger partial charge on any atom is -0.492 e. The Hall–Kier alpha value is -4.88. The molecule has 2 heterocycles. The van der Waals surface area contributed by atoms with Gasteiger partial charge in [-0.25, -0.2) is 14.4 Å². The second kappa shape index (κ2) is 14.9. The number of fused-ring (bicyclic) bond motifs is 1. The lowest BCUT2D eigenvalue weighted by molar-refractivity contribution is -0.139. The first-order valence-corrected chi connectivity index (χ1v) is 14.6. The fraction of sp³-hybridized carbons (Fsp3) is 0.344. The van der Waals surface area contributed by atoms with Gasteiger partial charge < -0.3 is 38.9 Å². The summed E-state index contributed by atoms with van der Waals surface area (Å²) in [4.78, 5) is 63.7. The number of hydrogen-bond acceptors (Lipinski definition) is 11. The molecule has 0 spiro atoms. The predicted molar refractivity (Wildman–Crippen MR) is 164 cm³/mol. The maximum absolute atomic E-state index is 13.3. The first-order valence-electron chi connectivity index (χ1n) is 14.3. The van der Waals surface area contributed by atoms with Gasteiger partial charge in [-0.05, 0) is 25.5 Å². The Morgan fingerprint density at radius 3 is 2.46 bits per heavy atom. The molecule has 0 radical (unpaired) electrons. The Bertz CT molecular complexity index is 1670. The highest BCUT2D eigenvalue weighted by atomic mass is 35.5. The van der Waals surface area contributed by atoms with Gasteiger partial charge in [-0.3, -0.25) is 9.59 Å². The van der Waals surface area contributed by atoms with E-state index in [0.29, 0.717) is 27.5 Å². The van der Waals surface area contributed by atoms with Crippen LogP contribution in [0.15, 0.2) is 64.8 Å². The van der Waals surface area contributed by atoms with Crippen LogP contribution in [0.5, 0.6) is 0 Å². The zero-order valence-electron chi connectivity index (χ0n) is 26.0. The van der Waals surface area contributed by atoms with Gasteiger partial charge in [-0.2, -0.15) is 0 Å². The standard InChI is InChI=1S/C32H34ClN3O10/c1-6-45-31(40)27-21(35-17(2)24(30(39)43-5)26(27)19-9-7-8-10-20(19)33)16-44-12-11-34-32(41)46-15-18-14-36(3)28-25(18)22(37)13-23(42-4)29(28)38/h7-10,13-14,26,35H,6,11-12,15-16H2,1-5H3,(H,34,41). The highest BCUT2D eigenvalue weighted by Gasteiger charge is 2.39. The summed E-state index contributed by atoms with van der Waals surface area (Å²) in [5.41, 5.74) is 2.34. The summed E-state index contributed by atoms with van der Waals surface area (Å²) in [6, 6.07) is 6.86. The van der Waals surface area contributed by atoms with E-state index >= 15 is 0 Å². The molecular formula is C32H34ClN3O10. The first-order chi connectivity index (χ1) is 22.0. The van der Waals surface area contributed by atoms with Crippen LogP contribution in [0.3, 0.4) is 0 Å². The Morgan fingerprint density at radius 1 is 1.04 bits per heavy atom. The highest BCUT2D eigenvalue weighted by Crippen LogP contribution is 2.42. The van der Waals surface area contributed by atoms with Gasteiger partial charge in [0.1, 0.15) is 12.3 Å². The summed E-state index contributed by atoms with van der Waals surface area (Å²) in [5, 5.41) is 5.98. The predicted octanol–water partition coefficient (Wildman–Crippen LogP) is 3.48. The van der Waals surface area contributed by atoms with E-state index in [1.165, 1.54) is 18.8 Å². The molecule has 1 unspecified atom stereocenters. The lowest BCUT2D eigenvalue weighted by Crippen LogP contribution is -2.35. The van der Waals surface area contributed by atoms with E-state index in [4.69, 9.17) is 35.3 Å². The zero-order chi connectivity index (χ0) is 33.5. The van der Waals surface area contributed by atoms with Crippen molar-refractivity contribution in [3.05, 3.63) is 92.2 Å². The van der Waals surface area contributed by atoms with Crippen LogP contribution >= 0.6 is 11.6 Å². The average molecular weight is 656 g/mol. The maximum atomic E-state index is 13.3. The van der Waals surface area contributed by atoms with Crippen molar-refractivity contribution in [1.29, 1.82) is 0 Å². The lowest BCUT2D eigenvalue weighted by atomic mass is 9.80. The molecule has 1 aromatic carbocycles. The molecular weight excluding hydrogens is 622 g/mol. The molecule has 2 N–H and O–H groups in total. The fourth-order valence-electron chi connectivity index (χ4n) is 5.33. The molecule has 0 bridgehead atoms. The summed E-state index contributed by atoms with van der Waals surface area (Å²) in [5.74, 6) is -3.11. The quantitative estimate of drug-likeness (QED) is 0.196. The topological polar surface area (TPSA) is 160 Å². The molecule has 1 atom stereocenters. The van der Waals surface area contributed by atoms with Gasteiger partial charge in [0.25, 0.3) is 0 Å². The number of alkyl carbamates (subject to hydrolysis) is 1. The van der Waals surface area contributed by atoms with E-state index in [2.05, 4.69) is 10.6 Å². The van der Waals surface area contributed by atoms with Crippen molar-refractivity contribution in [3.8, 4) is 0 Å². The normalized spacial score (nSPS) is 16.0. The van der Waals surface area contributed by atoms with Crippen LogP contribution in [0.2, 0.25) is 5.02 Å². The third-order valence-electron chi connectivity index (χ3n) is 7.31. The third kappa shape index (κ3) is 7.00. The number of nitrogens with one attached hydrogen (secondary N) is 2. The number of nitrogens with zero attached hydrogens (tertiary/aromatic N) is 1. The summed E-state index contributed by atoms with van der Waals surface area (Å²) in [7, 11) is 4.17. The second-order valence-electron chi connectivity index (χ2n) is 10.2. The second-order valence-corrected chi connectivity index (χ2v) is 10.6. The van der Waals surface area contributed by atoms with Crippen LogP contribution in [0.25, 0.3) is 0 Å². The van der Waals surface area contributed by atoms with Crippen molar-refractivity contribution in [2.75, 3.05) is 40.6 Å². The molecule has 0 fully saturated rings. The molecule has 14 heteroatoms. The Morgan fingerprint density at radius 2 is 1.78 bits per heavy atom. The highest BCUT2D eigenvalue weighted by molar-refractivity contribution is 6.31. The number of aromatic nitrogens is 1. The van der Waals surface area contributed by atoms with Crippen LogP contribution < -0.4 is 10.6 Å². The van der Waals surface area contributed by atoms with Gasteiger partial charge in [0, 0.05) is 42.1 Å². The number of aryl methyl sites for hydroxylation is 1. The van der Waals surface area contributed by atoms with E-state index in [9.17, 15) is 24.0 Å². The number of ether oxygens (including phenoxy) is 5. The Balaban J connectivity index is 1.41. The van der Waals surface area contributed by atoms with Gasteiger partial charge in [0.2, 0.25) is 5.78 Å². The lowest BCUT2D eigenvalue weighted by Gasteiger charge is -2.31. The number of dihydropyridines is 1. The van der Waals surface area contributed by atoms with E-state index in [0.717, 1.165) is 6.08 Å². The SMILES string of the molecule is CCOC(=O)C1=C(COCCNC(=O)OCc2cn(C)c3c2C(=O)C=C(OC)C3=O)NC(C)=C(C(=O)OC)C1c1ccccc1Cl. The van der Waals surface area contributed by atoms with E-state index in [1.54, 1.807) is 51.4 Å². The van der Waals surface area contributed by atoms with Gasteiger partial charge in [0.05, 0.1) is 62.4 Å². The number of allylic oxidation sites excluding steroid dienone is 3. The number of halogens is 1. The molecule has 1 amide bonds. The summed E-state index contributed by atoms with van der Waals surface area (Å²) >= 11 is 6.52. The molecule has 4 rings (SSSR count). The number of methoxy groups -OCH3 is 2. The Labute approximate surface area is 270 Å². The van der Waals surface area contributed by atoms with Crippen LogP contribution in [-0.4, -0.2) is 74.8 Å². The van der Waals surface area contributed by atoms with Gasteiger partial charge in [-0.15, -0.1) is 0 Å².